The van der Waals surface area contributed by atoms with Gasteiger partial charge in [0.1, 0.15) is 5.75 Å². The van der Waals surface area contributed by atoms with Crippen LogP contribution in [0.4, 0.5) is 5.69 Å². The Hall–Kier alpha value is -2.31. The zero-order valence-electron chi connectivity index (χ0n) is 12.7. The van der Waals surface area contributed by atoms with E-state index in [1.807, 2.05) is 6.92 Å². The van der Waals surface area contributed by atoms with Crippen molar-refractivity contribution in [2.24, 2.45) is 0 Å². The lowest BCUT2D eigenvalue weighted by atomic mass is 10.2. The summed E-state index contributed by atoms with van der Waals surface area (Å²) in [5.41, 5.74) is 1.17. The van der Waals surface area contributed by atoms with E-state index in [0.29, 0.717) is 16.5 Å². The number of carbonyl (C=O) groups excluding carboxylic acids is 2. The molecule has 0 saturated carbocycles. The largest absolute Gasteiger partial charge is 0.482 e. The van der Waals surface area contributed by atoms with E-state index < -0.39 is 18.5 Å². The molecule has 1 amide bonds. The van der Waals surface area contributed by atoms with Crippen LogP contribution in [0.5, 0.6) is 5.75 Å². The van der Waals surface area contributed by atoms with Crippen LogP contribution < -0.4 is 10.1 Å². The summed E-state index contributed by atoms with van der Waals surface area (Å²) in [6.45, 7) is 1.05. The minimum absolute atomic E-state index is 0.151. The standard InChI is InChI=1S/C16H14Cl2N2O4/c1-10-7-11(4-5-12(10)17)23-9-15(22)24-8-14(21)20-13-3-2-6-19-16(13)18/h2-7H,8-9H2,1H3,(H,20,21). The second-order valence-corrected chi connectivity index (χ2v) is 5.52. The van der Waals surface area contributed by atoms with Gasteiger partial charge in [0, 0.05) is 11.2 Å². The van der Waals surface area contributed by atoms with Crippen LogP contribution in [0.25, 0.3) is 0 Å². The number of anilines is 1. The van der Waals surface area contributed by atoms with Crippen LogP contribution in [0, 0.1) is 6.92 Å². The summed E-state index contributed by atoms with van der Waals surface area (Å²) in [5, 5.41) is 3.25. The number of rotatable bonds is 6. The van der Waals surface area contributed by atoms with Crippen molar-refractivity contribution in [3.8, 4) is 5.75 Å². The van der Waals surface area contributed by atoms with Gasteiger partial charge in [0.15, 0.2) is 18.4 Å². The van der Waals surface area contributed by atoms with E-state index in [0.717, 1.165) is 5.56 Å². The van der Waals surface area contributed by atoms with Crippen LogP contribution in [0.1, 0.15) is 5.56 Å². The molecule has 0 fully saturated rings. The highest BCUT2D eigenvalue weighted by Gasteiger charge is 2.10. The smallest absolute Gasteiger partial charge is 0.344 e. The fourth-order valence-corrected chi connectivity index (χ4v) is 1.99. The van der Waals surface area contributed by atoms with Gasteiger partial charge in [-0.05, 0) is 42.8 Å². The number of halogens is 2. The van der Waals surface area contributed by atoms with Gasteiger partial charge < -0.3 is 14.8 Å². The average molecular weight is 369 g/mol. The summed E-state index contributed by atoms with van der Waals surface area (Å²) in [6.07, 6.45) is 1.49. The average Bonchev–Trinajstić information content (AvgIpc) is 2.56. The van der Waals surface area contributed by atoms with Gasteiger partial charge in [-0.3, -0.25) is 4.79 Å². The van der Waals surface area contributed by atoms with Crippen molar-refractivity contribution in [3.05, 3.63) is 52.3 Å². The van der Waals surface area contributed by atoms with Gasteiger partial charge in [0.05, 0.1) is 5.69 Å². The van der Waals surface area contributed by atoms with Crippen molar-refractivity contribution < 1.29 is 19.1 Å². The molecule has 0 saturated heterocycles. The van der Waals surface area contributed by atoms with E-state index in [9.17, 15) is 9.59 Å². The number of nitrogens with zero attached hydrogens (tertiary/aromatic N) is 1. The summed E-state index contributed by atoms with van der Waals surface area (Å²) < 4.78 is 10.1. The molecule has 6 nitrogen and oxygen atoms in total. The number of hydrogen-bond acceptors (Lipinski definition) is 5. The number of benzene rings is 1. The molecule has 0 aliphatic carbocycles. The summed E-state index contributed by atoms with van der Waals surface area (Å²) >= 11 is 11.7. The number of aryl methyl sites for hydroxylation is 1. The van der Waals surface area contributed by atoms with E-state index in [1.54, 1.807) is 30.3 Å². The van der Waals surface area contributed by atoms with Crippen LogP contribution in [0.15, 0.2) is 36.5 Å². The van der Waals surface area contributed by atoms with Crippen molar-refractivity contribution in [1.29, 1.82) is 0 Å². The van der Waals surface area contributed by atoms with Gasteiger partial charge in [0.2, 0.25) is 0 Å². The Labute approximate surface area is 148 Å². The zero-order valence-corrected chi connectivity index (χ0v) is 14.2. The van der Waals surface area contributed by atoms with Gasteiger partial charge in [0.25, 0.3) is 5.91 Å². The number of carbonyl (C=O) groups is 2. The van der Waals surface area contributed by atoms with Crippen molar-refractivity contribution in [2.45, 2.75) is 6.92 Å². The Kier molecular flexibility index (Phi) is 6.40. The number of amides is 1. The van der Waals surface area contributed by atoms with E-state index in [4.69, 9.17) is 32.7 Å². The number of pyridine rings is 1. The lowest BCUT2D eigenvalue weighted by Gasteiger charge is -2.09. The zero-order chi connectivity index (χ0) is 17.5. The molecule has 1 aromatic carbocycles. The molecule has 1 heterocycles. The van der Waals surface area contributed by atoms with Crippen LogP contribution in [0.2, 0.25) is 10.2 Å². The molecule has 1 aromatic heterocycles. The normalized spacial score (nSPS) is 10.1. The molecule has 0 unspecified atom stereocenters. The van der Waals surface area contributed by atoms with Crippen LogP contribution in [0.3, 0.4) is 0 Å². The Morgan fingerprint density at radius 1 is 1.21 bits per heavy atom. The van der Waals surface area contributed by atoms with Crippen molar-refractivity contribution in [1.82, 2.24) is 4.98 Å². The SMILES string of the molecule is Cc1cc(OCC(=O)OCC(=O)Nc2cccnc2Cl)ccc1Cl. The number of aromatic nitrogens is 1. The van der Waals surface area contributed by atoms with E-state index in [2.05, 4.69) is 10.3 Å². The monoisotopic (exact) mass is 368 g/mol. The maximum Gasteiger partial charge on any atom is 0.344 e. The molecule has 0 aliphatic rings. The van der Waals surface area contributed by atoms with E-state index >= 15 is 0 Å². The molecule has 0 atom stereocenters. The topological polar surface area (TPSA) is 77.5 Å². The van der Waals surface area contributed by atoms with Crippen molar-refractivity contribution >= 4 is 40.8 Å². The number of ether oxygens (including phenoxy) is 2. The summed E-state index contributed by atoms with van der Waals surface area (Å²) in [5.74, 6) is -0.712. The fraction of sp³-hybridized carbons (Fsp3) is 0.188. The highest BCUT2D eigenvalue weighted by atomic mass is 35.5. The van der Waals surface area contributed by atoms with Crippen LogP contribution >= 0.6 is 23.2 Å². The third-order valence-corrected chi connectivity index (χ3v) is 3.61. The van der Waals surface area contributed by atoms with Gasteiger partial charge in [-0.25, -0.2) is 9.78 Å². The predicted molar refractivity (Wildman–Crippen MR) is 90.5 cm³/mol. The molecule has 0 bridgehead atoms. The molecule has 1 N–H and O–H groups in total. The van der Waals surface area contributed by atoms with Crippen LogP contribution in [-0.4, -0.2) is 30.1 Å². The second-order valence-electron chi connectivity index (χ2n) is 4.75. The Balaban J connectivity index is 1.75. The third-order valence-electron chi connectivity index (χ3n) is 2.88. The van der Waals surface area contributed by atoms with Crippen molar-refractivity contribution in [3.63, 3.8) is 0 Å². The highest BCUT2D eigenvalue weighted by Crippen LogP contribution is 2.21. The first-order chi connectivity index (χ1) is 11.5. The van der Waals surface area contributed by atoms with Crippen molar-refractivity contribution in [2.75, 3.05) is 18.5 Å². The second kappa shape index (κ2) is 8.52. The van der Waals surface area contributed by atoms with E-state index in [1.165, 1.54) is 6.20 Å². The Bertz CT molecular complexity index is 753. The molecule has 2 aromatic rings. The molecule has 2 rings (SSSR count). The van der Waals surface area contributed by atoms with Crippen LogP contribution in [-0.2, 0) is 14.3 Å². The first-order valence-corrected chi connectivity index (χ1v) is 7.66. The lowest BCUT2D eigenvalue weighted by molar-refractivity contribution is -0.149. The van der Waals surface area contributed by atoms with Gasteiger partial charge >= 0.3 is 5.97 Å². The molecule has 0 radical (unpaired) electrons. The number of nitrogens with one attached hydrogen (secondary N) is 1. The molecule has 24 heavy (non-hydrogen) atoms. The Morgan fingerprint density at radius 3 is 2.71 bits per heavy atom. The molecule has 8 heteroatoms. The van der Waals surface area contributed by atoms with Gasteiger partial charge in [-0.2, -0.15) is 0 Å². The predicted octanol–water partition coefficient (Wildman–Crippen LogP) is 3.26. The quantitative estimate of drug-likeness (QED) is 0.625. The first kappa shape index (κ1) is 18.0. The third kappa shape index (κ3) is 5.40. The summed E-state index contributed by atoms with van der Waals surface area (Å²) in [7, 11) is 0. The maximum absolute atomic E-state index is 11.7. The number of esters is 1. The fourth-order valence-electron chi connectivity index (χ4n) is 1.70. The molecular weight excluding hydrogens is 355 g/mol. The molecular formula is C16H14Cl2N2O4. The summed E-state index contributed by atoms with van der Waals surface area (Å²) in [4.78, 5) is 27.1. The Morgan fingerprint density at radius 2 is 2.00 bits per heavy atom. The molecule has 126 valence electrons. The minimum atomic E-state index is -0.671. The lowest BCUT2D eigenvalue weighted by Crippen LogP contribution is -2.23. The van der Waals surface area contributed by atoms with Gasteiger partial charge in [-0.1, -0.05) is 23.2 Å². The molecule has 0 spiro atoms. The summed E-state index contributed by atoms with van der Waals surface area (Å²) in [6, 6.07) is 8.21. The molecule has 0 aliphatic heterocycles. The number of hydrogen-bond donors (Lipinski definition) is 1. The maximum atomic E-state index is 11.7. The van der Waals surface area contributed by atoms with Gasteiger partial charge in [-0.15, -0.1) is 0 Å². The minimum Gasteiger partial charge on any atom is -0.482 e. The highest BCUT2D eigenvalue weighted by molar-refractivity contribution is 6.32. The first-order valence-electron chi connectivity index (χ1n) is 6.90. The van der Waals surface area contributed by atoms with E-state index in [-0.39, 0.29) is 11.8 Å².